The molecule has 0 aliphatic heterocycles. The number of aromatic nitrogens is 1. The molecule has 3 amide bonds. The number of hydrogen-bond acceptors (Lipinski definition) is 4. The Morgan fingerprint density at radius 2 is 1.79 bits per heavy atom. The molecular weight excluding hydrogens is 304 g/mol. The summed E-state index contributed by atoms with van der Waals surface area (Å²) >= 11 is 0. The maximum Gasteiger partial charge on any atom is 0.325 e. The number of carbonyl (C=O) groups excluding carboxylic acids is 2. The fraction of sp³-hybridized carbons (Fsp3) is 0.278. The highest BCUT2D eigenvalue weighted by Gasteiger charge is 2.10. The van der Waals surface area contributed by atoms with E-state index in [1.54, 1.807) is 18.5 Å². The first kappa shape index (κ1) is 17.6. The molecule has 0 saturated carbocycles. The molecule has 0 saturated heterocycles. The number of urea groups is 1. The smallest absolute Gasteiger partial charge is 0.308 e. The molecule has 1 heterocycles. The number of amides is 3. The lowest BCUT2D eigenvalue weighted by Gasteiger charge is -2.14. The van der Waals surface area contributed by atoms with Gasteiger partial charge in [-0.3, -0.25) is 15.1 Å². The summed E-state index contributed by atoms with van der Waals surface area (Å²) in [6.07, 6.45) is 3.40. The van der Waals surface area contributed by atoms with E-state index in [0.29, 0.717) is 5.69 Å². The van der Waals surface area contributed by atoms with Crippen molar-refractivity contribution < 1.29 is 9.59 Å². The molecule has 2 aromatic rings. The number of imide groups is 1. The van der Waals surface area contributed by atoms with Gasteiger partial charge in [-0.05, 0) is 61.7 Å². The molecule has 0 unspecified atom stereocenters. The summed E-state index contributed by atoms with van der Waals surface area (Å²) in [7, 11) is 0. The van der Waals surface area contributed by atoms with Crippen molar-refractivity contribution in [1.82, 2.24) is 15.6 Å². The van der Waals surface area contributed by atoms with Crippen LogP contribution < -0.4 is 16.0 Å². The Kier molecular flexibility index (Phi) is 6.03. The third-order valence-corrected chi connectivity index (χ3v) is 3.79. The zero-order chi connectivity index (χ0) is 17.5. The minimum Gasteiger partial charge on any atom is -0.308 e. The van der Waals surface area contributed by atoms with E-state index in [2.05, 4.69) is 20.9 Å². The van der Waals surface area contributed by atoms with Crippen molar-refractivity contribution in [2.24, 2.45) is 0 Å². The van der Waals surface area contributed by atoms with Crippen molar-refractivity contribution >= 4 is 17.6 Å². The summed E-state index contributed by atoms with van der Waals surface area (Å²) in [4.78, 5) is 27.7. The predicted molar refractivity (Wildman–Crippen MR) is 93.7 cm³/mol. The van der Waals surface area contributed by atoms with Crippen LogP contribution in [0.4, 0.5) is 10.5 Å². The molecule has 0 aliphatic carbocycles. The second-order valence-electron chi connectivity index (χ2n) is 5.68. The zero-order valence-corrected chi connectivity index (χ0v) is 14.1. The van der Waals surface area contributed by atoms with Crippen molar-refractivity contribution in [3.63, 3.8) is 0 Å². The van der Waals surface area contributed by atoms with Crippen molar-refractivity contribution in [3.05, 3.63) is 59.4 Å². The molecule has 126 valence electrons. The average Bonchev–Trinajstić information content (AvgIpc) is 2.56. The molecule has 0 fully saturated rings. The quantitative estimate of drug-likeness (QED) is 0.789. The highest BCUT2D eigenvalue weighted by Crippen LogP contribution is 2.14. The van der Waals surface area contributed by atoms with Gasteiger partial charge in [0.25, 0.3) is 0 Å². The van der Waals surface area contributed by atoms with Crippen LogP contribution in [0.3, 0.4) is 0 Å². The summed E-state index contributed by atoms with van der Waals surface area (Å²) in [6.45, 7) is 5.95. The summed E-state index contributed by atoms with van der Waals surface area (Å²) in [5.74, 6) is -0.391. The first-order valence-corrected chi connectivity index (χ1v) is 7.77. The number of nitrogens with zero attached hydrogens (tertiary/aromatic N) is 1. The van der Waals surface area contributed by atoms with E-state index < -0.39 is 11.9 Å². The Morgan fingerprint density at radius 3 is 2.46 bits per heavy atom. The first-order valence-electron chi connectivity index (χ1n) is 7.77. The molecule has 0 aliphatic rings. The number of carbonyl (C=O) groups is 2. The van der Waals surface area contributed by atoms with Crippen LogP contribution in [-0.4, -0.2) is 23.5 Å². The Hall–Kier alpha value is -2.73. The van der Waals surface area contributed by atoms with Gasteiger partial charge in [0.1, 0.15) is 0 Å². The van der Waals surface area contributed by atoms with Crippen LogP contribution in [0.1, 0.15) is 29.7 Å². The van der Waals surface area contributed by atoms with Crippen molar-refractivity contribution in [2.75, 3.05) is 11.9 Å². The van der Waals surface area contributed by atoms with E-state index in [9.17, 15) is 9.59 Å². The minimum absolute atomic E-state index is 0.0124. The van der Waals surface area contributed by atoms with E-state index >= 15 is 0 Å². The van der Waals surface area contributed by atoms with Gasteiger partial charge in [0.2, 0.25) is 5.91 Å². The van der Waals surface area contributed by atoms with E-state index in [-0.39, 0.29) is 12.6 Å². The topological polar surface area (TPSA) is 83.1 Å². The van der Waals surface area contributed by atoms with Gasteiger partial charge in [-0.2, -0.15) is 0 Å². The summed E-state index contributed by atoms with van der Waals surface area (Å²) < 4.78 is 0. The number of benzene rings is 1. The van der Waals surface area contributed by atoms with E-state index in [0.717, 1.165) is 16.7 Å². The predicted octanol–water partition coefficient (Wildman–Crippen LogP) is 2.70. The fourth-order valence-corrected chi connectivity index (χ4v) is 2.17. The molecule has 0 bridgehead atoms. The van der Waals surface area contributed by atoms with Gasteiger partial charge < -0.3 is 10.6 Å². The van der Waals surface area contributed by atoms with Gasteiger partial charge >= 0.3 is 6.03 Å². The third kappa shape index (κ3) is 5.17. The Labute approximate surface area is 141 Å². The van der Waals surface area contributed by atoms with Crippen LogP contribution in [-0.2, 0) is 4.79 Å². The maximum atomic E-state index is 11.9. The SMILES string of the molecule is Cc1ccc(NC(=O)NC(=O)CN[C@H](C)c2ccncc2)cc1C. The largest absolute Gasteiger partial charge is 0.325 e. The van der Waals surface area contributed by atoms with Crippen molar-refractivity contribution in [2.45, 2.75) is 26.8 Å². The molecule has 24 heavy (non-hydrogen) atoms. The molecule has 2 rings (SSSR count). The lowest BCUT2D eigenvalue weighted by Crippen LogP contribution is -2.40. The zero-order valence-electron chi connectivity index (χ0n) is 14.1. The molecule has 0 spiro atoms. The number of hydrogen-bond donors (Lipinski definition) is 3. The third-order valence-electron chi connectivity index (χ3n) is 3.79. The second kappa shape index (κ2) is 8.21. The standard InChI is InChI=1S/C18H22N4O2/c1-12-4-5-16(10-13(12)2)21-18(24)22-17(23)11-20-14(3)15-6-8-19-9-7-15/h4-10,14,20H,11H2,1-3H3,(H2,21,22,23,24)/t14-/m1/s1. The normalized spacial score (nSPS) is 11.6. The van der Waals surface area contributed by atoms with Crippen LogP contribution in [0.5, 0.6) is 0 Å². The Bertz CT molecular complexity index is 716. The monoisotopic (exact) mass is 326 g/mol. The molecule has 6 nitrogen and oxygen atoms in total. The Morgan fingerprint density at radius 1 is 1.08 bits per heavy atom. The lowest BCUT2D eigenvalue weighted by atomic mass is 10.1. The van der Waals surface area contributed by atoms with Crippen LogP contribution in [0.2, 0.25) is 0 Å². The lowest BCUT2D eigenvalue weighted by molar-refractivity contribution is -0.119. The van der Waals surface area contributed by atoms with Gasteiger partial charge in [0.15, 0.2) is 0 Å². The summed E-state index contributed by atoms with van der Waals surface area (Å²) in [5, 5.41) is 8.02. The average molecular weight is 326 g/mol. The van der Waals surface area contributed by atoms with Gasteiger partial charge in [-0.1, -0.05) is 6.07 Å². The number of rotatable bonds is 5. The van der Waals surface area contributed by atoms with Crippen LogP contribution in [0, 0.1) is 13.8 Å². The molecule has 1 aromatic heterocycles. The van der Waals surface area contributed by atoms with Crippen LogP contribution in [0.25, 0.3) is 0 Å². The minimum atomic E-state index is -0.540. The Balaban J connectivity index is 1.79. The van der Waals surface area contributed by atoms with Gasteiger partial charge in [0, 0.05) is 24.1 Å². The molecule has 6 heteroatoms. The number of anilines is 1. The van der Waals surface area contributed by atoms with E-state index in [1.165, 1.54) is 0 Å². The molecular formula is C18H22N4O2. The molecule has 1 aromatic carbocycles. The first-order chi connectivity index (χ1) is 11.5. The van der Waals surface area contributed by atoms with E-state index in [1.807, 2.05) is 45.0 Å². The van der Waals surface area contributed by atoms with E-state index in [4.69, 9.17) is 0 Å². The van der Waals surface area contributed by atoms with Gasteiger partial charge in [-0.25, -0.2) is 4.79 Å². The van der Waals surface area contributed by atoms with Gasteiger partial charge in [-0.15, -0.1) is 0 Å². The maximum absolute atomic E-state index is 11.9. The second-order valence-corrected chi connectivity index (χ2v) is 5.68. The van der Waals surface area contributed by atoms with Crippen LogP contribution >= 0.6 is 0 Å². The van der Waals surface area contributed by atoms with Crippen molar-refractivity contribution in [3.8, 4) is 0 Å². The van der Waals surface area contributed by atoms with Gasteiger partial charge in [0.05, 0.1) is 6.54 Å². The summed E-state index contributed by atoms with van der Waals surface area (Å²) in [5.41, 5.74) is 3.90. The molecule has 1 atom stereocenters. The highest BCUT2D eigenvalue weighted by atomic mass is 16.2. The number of pyridine rings is 1. The summed E-state index contributed by atoms with van der Waals surface area (Å²) in [6, 6.07) is 8.79. The number of aryl methyl sites for hydroxylation is 2. The molecule has 0 radical (unpaired) electrons. The van der Waals surface area contributed by atoms with Crippen molar-refractivity contribution in [1.29, 1.82) is 0 Å². The van der Waals surface area contributed by atoms with Crippen LogP contribution in [0.15, 0.2) is 42.7 Å². The number of nitrogens with one attached hydrogen (secondary N) is 3. The fourth-order valence-electron chi connectivity index (χ4n) is 2.17. The highest BCUT2D eigenvalue weighted by molar-refractivity contribution is 6.01. The molecule has 3 N–H and O–H groups in total.